The van der Waals surface area contributed by atoms with Crippen LogP contribution in [0, 0.1) is 11.8 Å². The Morgan fingerprint density at radius 1 is 0.738 bits per heavy atom. The number of alkyl carbamates (subject to hydrolysis) is 2. The zero-order chi connectivity index (χ0) is 45.5. The van der Waals surface area contributed by atoms with Crippen molar-refractivity contribution in [1.82, 2.24) is 50.3 Å². The second kappa shape index (κ2) is 17.8. The first-order valence-electron chi connectivity index (χ1n) is 22.2. The topological polar surface area (TPSA) is 213 Å². The number of benzene rings is 2. The summed E-state index contributed by atoms with van der Waals surface area (Å²) < 4.78 is 16.6. The molecule has 6 aromatic rings. The fraction of sp³-hybridized carbons (Fsp3) is 0.396. The minimum atomic E-state index is -0.725. The number of methoxy groups -OCH3 is 2. The average Bonchev–Trinajstić information content (AvgIpc) is 4.18. The van der Waals surface area contributed by atoms with E-state index in [-0.39, 0.29) is 35.7 Å². The summed E-state index contributed by atoms with van der Waals surface area (Å²) in [6.45, 7) is 8.71. The van der Waals surface area contributed by atoms with Crippen LogP contribution in [0.15, 0.2) is 73.3 Å². The van der Waals surface area contributed by atoms with E-state index in [1.165, 1.54) is 14.2 Å². The van der Waals surface area contributed by atoms with Gasteiger partial charge < -0.3 is 49.6 Å². The summed E-state index contributed by atoms with van der Waals surface area (Å²) in [6.07, 6.45) is 8.51. The van der Waals surface area contributed by atoms with E-state index >= 15 is 0 Å². The number of pyridine rings is 1. The highest BCUT2D eigenvalue weighted by atomic mass is 16.5. The second-order valence-electron chi connectivity index (χ2n) is 17.6. The van der Waals surface area contributed by atoms with Crippen LogP contribution in [0.1, 0.15) is 94.3 Å². The lowest BCUT2D eigenvalue weighted by atomic mass is 9.92. The predicted molar refractivity (Wildman–Crippen MR) is 241 cm³/mol. The van der Waals surface area contributed by atoms with Crippen molar-refractivity contribution in [2.45, 2.75) is 83.6 Å². The summed E-state index contributed by atoms with van der Waals surface area (Å²) in [5, 5.41) is 6.41. The highest BCUT2D eigenvalue weighted by molar-refractivity contribution is 5.96. The van der Waals surface area contributed by atoms with E-state index in [2.05, 4.69) is 48.8 Å². The molecule has 0 radical (unpaired) electrons. The molecular formula is C48H54N10O7. The summed E-state index contributed by atoms with van der Waals surface area (Å²) in [6, 6.07) is 14.3. The van der Waals surface area contributed by atoms with Gasteiger partial charge in [-0.3, -0.25) is 14.6 Å². The molecule has 2 aromatic carbocycles. The maximum atomic E-state index is 13.8. The minimum Gasteiger partial charge on any atom is -0.480 e. The van der Waals surface area contributed by atoms with Gasteiger partial charge in [0.1, 0.15) is 29.5 Å². The molecule has 2 saturated heterocycles. The average molecular weight is 883 g/mol. The van der Waals surface area contributed by atoms with Crippen LogP contribution in [0.3, 0.4) is 0 Å². The predicted octanol–water partition coefficient (Wildman–Crippen LogP) is 7.58. The van der Waals surface area contributed by atoms with Gasteiger partial charge in [0.15, 0.2) is 6.10 Å². The van der Waals surface area contributed by atoms with Gasteiger partial charge in [0.25, 0.3) is 0 Å². The number of ether oxygens (including phenoxy) is 3. The minimum absolute atomic E-state index is 0.136. The molecule has 17 nitrogen and oxygen atoms in total. The molecule has 65 heavy (non-hydrogen) atoms. The highest BCUT2D eigenvalue weighted by Gasteiger charge is 2.39. The number of aromatic amines is 3. The van der Waals surface area contributed by atoms with Crippen LogP contribution in [0.25, 0.3) is 44.7 Å². The molecule has 2 fully saturated rings. The van der Waals surface area contributed by atoms with Crippen LogP contribution in [-0.4, -0.2) is 103 Å². The Labute approximate surface area is 376 Å². The van der Waals surface area contributed by atoms with Gasteiger partial charge in [0.2, 0.25) is 11.8 Å². The zero-order valence-electron chi connectivity index (χ0n) is 37.3. The Morgan fingerprint density at radius 3 is 1.85 bits per heavy atom. The number of imidazole rings is 2. The van der Waals surface area contributed by atoms with E-state index in [4.69, 9.17) is 24.2 Å². The van der Waals surface area contributed by atoms with Crippen LogP contribution in [-0.2, 0) is 19.1 Å². The van der Waals surface area contributed by atoms with Crippen molar-refractivity contribution in [2.75, 3.05) is 27.3 Å². The lowest BCUT2D eigenvalue weighted by Crippen LogP contribution is -2.51. The Kier molecular flexibility index (Phi) is 11.8. The van der Waals surface area contributed by atoms with Crippen molar-refractivity contribution < 1.29 is 33.4 Å². The Bertz CT molecular complexity index is 2740. The fourth-order valence-electron chi connectivity index (χ4n) is 9.50. The second-order valence-corrected chi connectivity index (χ2v) is 17.6. The molecule has 4 amide bonds. The first-order chi connectivity index (χ1) is 31.4. The first kappa shape index (κ1) is 43.1. The quantitative estimate of drug-likeness (QED) is 0.0861. The standard InChI is InChI=1S/C48H54N10O7/c1-25(2)39(55-47(61)63-5)45(59)57-18-8-11-35(57)43-50-23-33(53-43)27-14-16-32-31(20-27)38-41(52-32)30-15-13-28(21-37(30)65-42(38)29-10-7-17-49-22-29)34-24-51-44(54-34)36-12-9-19-58(36)46(60)40(26(3)4)56-48(62)64-6/h7,10,13-17,20-26,35-36,39-40,42,52H,8-9,11-12,18-19H2,1-6H3,(H,50,53)(H,51,54)(H,55,61)(H,56,62)/t35-,36-,39-,40-,42?/m0/s1. The SMILES string of the molecule is COC(=O)N[C@H](C(=O)N1CCC[C@H]1c1ncc(-c2ccc3c(c2)OC(c2cccnc2)c2c-3[nH]c3ccc(-c4cnc([C@@H]5CCCN5C(=O)[C@@H](NC(=O)OC)C(C)C)[nH]4)cc23)[nH]1)C(C)C. The molecule has 0 aliphatic carbocycles. The number of carbonyl (C=O) groups is 4. The number of fused-ring (bicyclic) bond motifs is 5. The van der Waals surface area contributed by atoms with Crippen LogP contribution in [0.5, 0.6) is 5.75 Å². The number of hydrogen-bond donors (Lipinski definition) is 5. The van der Waals surface area contributed by atoms with Crippen LogP contribution >= 0.6 is 0 Å². The number of nitrogens with zero attached hydrogens (tertiary/aromatic N) is 5. The van der Waals surface area contributed by atoms with Gasteiger partial charge >= 0.3 is 12.2 Å². The number of rotatable bonds is 11. The van der Waals surface area contributed by atoms with Gasteiger partial charge in [-0.2, -0.15) is 0 Å². The number of likely N-dealkylation sites (tertiary alicyclic amines) is 2. The van der Waals surface area contributed by atoms with Crippen molar-refractivity contribution in [3.63, 3.8) is 0 Å². The van der Waals surface area contributed by atoms with Crippen LogP contribution in [0.2, 0.25) is 0 Å². The van der Waals surface area contributed by atoms with E-state index in [0.717, 1.165) is 81.5 Å². The Hall–Kier alpha value is -7.17. The molecule has 0 bridgehead atoms. The van der Waals surface area contributed by atoms with E-state index in [1.54, 1.807) is 17.3 Å². The summed E-state index contributed by atoms with van der Waals surface area (Å²) in [5.41, 5.74) is 8.04. The summed E-state index contributed by atoms with van der Waals surface area (Å²) in [5.74, 6) is 1.46. The molecule has 3 aliphatic heterocycles. The van der Waals surface area contributed by atoms with Crippen molar-refractivity contribution in [1.29, 1.82) is 0 Å². The smallest absolute Gasteiger partial charge is 0.407 e. The molecule has 17 heteroatoms. The van der Waals surface area contributed by atoms with Gasteiger partial charge in [0.05, 0.1) is 55.8 Å². The molecule has 7 heterocycles. The molecule has 338 valence electrons. The molecule has 1 unspecified atom stereocenters. The number of aromatic nitrogens is 6. The van der Waals surface area contributed by atoms with Crippen molar-refractivity contribution in [3.05, 3.63) is 96.1 Å². The van der Waals surface area contributed by atoms with E-state index in [0.29, 0.717) is 30.5 Å². The number of hydrogen-bond acceptors (Lipinski definition) is 10. The Morgan fingerprint density at radius 2 is 1.31 bits per heavy atom. The summed E-state index contributed by atoms with van der Waals surface area (Å²) >= 11 is 0. The number of nitrogens with one attached hydrogen (secondary N) is 5. The first-order valence-corrected chi connectivity index (χ1v) is 22.2. The molecule has 3 aliphatic rings. The third-order valence-corrected chi connectivity index (χ3v) is 12.9. The molecule has 5 N–H and O–H groups in total. The third-order valence-electron chi connectivity index (χ3n) is 12.9. The maximum absolute atomic E-state index is 13.8. The molecular weight excluding hydrogens is 829 g/mol. The largest absolute Gasteiger partial charge is 0.480 e. The molecule has 4 aromatic heterocycles. The van der Waals surface area contributed by atoms with Gasteiger partial charge in [-0.15, -0.1) is 0 Å². The highest BCUT2D eigenvalue weighted by Crippen LogP contribution is 2.49. The monoisotopic (exact) mass is 882 g/mol. The van der Waals surface area contributed by atoms with E-state index in [9.17, 15) is 19.2 Å². The molecule has 0 saturated carbocycles. The summed E-state index contributed by atoms with van der Waals surface area (Å²) in [4.78, 5) is 80.1. The third kappa shape index (κ3) is 8.15. The van der Waals surface area contributed by atoms with Gasteiger partial charge in [0, 0.05) is 64.2 Å². The number of H-pyrrole nitrogens is 3. The van der Waals surface area contributed by atoms with Crippen molar-refractivity contribution in [3.8, 4) is 39.5 Å². The van der Waals surface area contributed by atoms with Gasteiger partial charge in [-0.05, 0) is 67.9 Å². The summed E-state index contributed by atoms with van der Waals surface area (Å²) in [7, 11) is 2.57. The molecule has 0 spiro atoms. The molecule has 9 rings (SSSR count). The van der Waals surface area contributed by atoms with Crippen LogP contribution in [0.4, 0.5) is 9.59 Å². The van der Waals surface area contributed by atoms with Gasteiger partial charge in [-0.25, -0.2) is 19.6 Å². The van der Waals surface area contributed by atoms with Gasteiger partial charge in [-0.1, -0.05) is 45.9 Å². The van der Waals surface area contributed by atoms with Crippen molar-refractivity contribution >= 4 is 34.9 Å². The maximum Gasteiger partial charge on any atom is 0.407 e. The Balaban J connectivity index is 1.01. The number of amides is 4. The van der Waals surface area contributed by atoms with E-state index < -0.39 is 30.4 Å². The lowest BCUT2D eigenvalue weighted by Gasteiger charge is -2.30. The number of carbonyl (C=O) groups excluding carboxylic acids is 4. The zero-order valence-corrected chi connectivity index (χ0v) is 37.3. The normalized spacial score (nSPS) is 18.9. The van der Waals surface area contributed by atoms with Crippen LogP contribution < -0.4 is 15.4 Å². The molecule has 5 atom stereocenters. The van der Waals surface area contributed by atoms with E-state index in [1.807, 2.05) is 75.3 Å². The lowest BCUT2D eigenvalue weighted by molar-refractivity contribution is -0.136. The van der Waals surface area contributed by atoms with Crippen molar-refractivity contribution in [2.24, 2.45) is 11.8 Å². The fourth-order valence-corrected chi connectivity index (χ4v) is 9.50.